The van der Waals surface area contributed by atoms with Crippen molar-refractivity contribution in [2.75, 3.05) is 33.8 Å². The molecule has 1 aliphatic rings. The lowest BCUT2D eigenvalue weighted by molar-refractivity contribution is 0.0285. The average Bonchev–Trinajstić information content (AvgIpc) is 2.95. The highest BCUT2D eigenvalue weighted by molar-refractivity contribution is 5.68. The van der Waals surface area contributed by atoms with Gasteiger partial charge in [0.15, 0.2) is 0 Å². The van der Waals surface area contributed by atoms with Crippen LogP contribution in [0.5, 0.6) is 5.75 Å². The van der Waals surface area contributed by atoms with Gasteiger partial charge in [-0.3, -0.25) is 0 Å². The van der Waals surface area contributed by atoms with Crippen molar-refractivity contribution in [3.05, 3.63) is 29.8 Å². The number of hydrogen-bond donors (Lipinski definition) is 0. The van der Waals surface area contributed by atoms with Crippen LogP contribution in [-0.2, 0) is 11.3 Å². The van der Waals surface area contributed by atoms with E-state index >= 15 is 0 Å². The molecule has 1 heterocycles. The fourth-order valence-corrected chi connectivity index (χ4v) is 3.02. The molecule has 0 saturated carbocycles. The number of carbonyl (C=O) groups excluding carboxylic acids is 1. The lowest BCUT2D eigenvalue weighted by Crippen LogP contribution is -2.36. The van der Waals surface area contributed by atoms with E-state index in [0.717, 1.165) is 38.3 Å². The van der Waals surface area contributed by atoms with E-state index in [0.29, 0.717) is 5.92 Å². The maximum atomic E-state index is 12.1. The molecule has 1 atom stereocenters. The van der Waals surface area contributed by atoms with Crippen molar-refractivity contribution in [3.63, 3.8) is 0 Å². The Morgan fingerprint density at radius 3 is 2.54 bits per heavy atom. The van der Waals surface area contributed by atoms with Crippen LogP contribution in [0.2, 0.25) is 0 Å². The van der Waals surface area contributed by atoms with E-state index in [1.807, 2.05) is 37.8 Å². The Morgan fingerprint density at radius 1 is 1.29 bits per heavy atom. The maximum Gasteiger partial charge on any atom is 0.410 e. The molecule has 5 heteroatoms. The molecule has 1 aliphatic heterocycles. The highest BCUT2D eigenvalue weighted by Crippen LogP contribution is 2.21. The van der Waals surface area contributed by atoms with E-state index in [-0.39, 0.29) is 6.09 Å². The number of nitrogens with zero attached hydrogens (tertiary/aromatic N) is 2. The number of hydrogen-bond acceptors (Lipinski definition) is 4. The zero-order chi connectivity index (χ0) is 17.7. The number of rotatable bonds is 5. The van der Waals surface area contributed by atoms with Gasteiger partial charge in [0.2, 0.25) is 0 Å². The van der Waals surface area contributed by atoms with Crippen LogP contribution in [0.3, 0.4) is 0 Å². The number of ether oxygens (including phenoxy) is 2. The van der Waals surface area contributed by atoms with E-state index in [4.69, 9.17) is 9.47 Å². The molecule has 1 fully saturated rings. The van der Waals surface area contributed by atoms with E-state index in [2.05, 4.69) is 24.1 Å². The summed E-state index contributed by atoms with van der Waals surface area (Å²) < 4.78 is 10.6. The van der Waals surface area contributed by atoms with Crippen molar-refractivity contribution < 1.29 is 14.3 Å². The summed E-state index contributed by atoms with van der Waals surface area (Å²) in [5, 5.41) is 0. The summed E-state index contributed by atoms with van der Waals surface area (Å²) in [6.07, 6.45) is 0.842. The number of carbonyl (C=O) groups is 1. The molecule has 134 valence electrons. The average molecular weight is 334 g/mol. The van der Waals surface area contributed by atoms with Gasteiger partial charge in [-0.2, -0.15) is 0 Å². The molecule has 0 spiro atoms. The molecule has 24 heavy (non-hydrogen) atoms. The van der Waals surface area contributed by atoms with Crippen LogP contribution in [0.15, 0.2) is 24.3 Å². The molecule has 5 nitrogen and oxygen atoms in total. The van der Waals surface area contributed by atoms with Gasteiger partial charge in [0.1, 0.15) is 11.4 Å². The second-order valence-corrected chi connectivity index (χ2v) is 7.63. The van der Waals surface area contributed by atoms with Gasteiger partial charge >= 0.3 is 6.09 Å². The lowest BCUT2D eigenvalue weighted by atomic mass is 10.1. The first-order valence-electron chi connectivity index (χ1n) is 8.56. The highest BCUT2D eigenvalue weighted by Gasteiger charge is 2.30. The lowest BCUT2D eigenvalue weighted by Gasteiger charge is -2.25. The molecular weight excluding hydrogens is 304 g/mol. The maximum absolute atomic E-state index is 12.1. The van der Waals surface area contributed by atoms with Gasteiger partial charge in [0.05, 0.1) is 7.11 Å². The van der Waals surface area contributed by atoms with Crippen LogP contribution in [0.25, 0.3) is 0 Å². The van der Waals surface area contributed by atoms with Crippen LogP contribution in [0, 0.1) is 5.92 Å². The fourth-order valence-electron chi connectivity index (χ4n) is 3.02. The third-order valence-corrected chi connectivity index (χ3v) is 4.12. The first-order chi connectivity index (χ1) is 11.3. The van der Waals surface area contributed by atoms with E-state index in [9.17, 15) is 4.79 Å². The van der Waals surface area contributed by atoms with Crippen molar-refractivity contribution in [1.82, 2.24) is 9.80 Å². The van der Waals surface area contributed by atoms with Crippen LogP contribution in [0.4, 0.5) is 4.79 Å². The van der Waals surface area contributed by atoms with Gasteiger partial charge in [-0.15, -0.1) is 0 Å². The molecule has 1 amide bonds. The summed E-state index contributed by atoms with van der Waals surface area (Å²) in [5.41, 5.74) is 0.834. The van der Waals surface area contributed by atoms with Crippen LogP contribution >= 0.6 is 0 Å². The number of benzene rings is 1. The summed E-state index contributed by atoms with van der Waals surface area (Å²) in [5.74, 6) is 1.38. The zero-order valence-electron chi connectivity index (χ0n) is 15.5. The van der Waals surface area contributed by atoms with Gasteiger partial charge < -0.3 is 19.3 Å². The van der Waals surface area contributed by atoms with E-state index in [1.54, 1.807) is 7.11 Å². The van der Waals surface area contributed by atoms with Crippen molar-refractivity contribution in [3.8, 4) is 5.75 Å². The van der Waals surface area contributed by atoms with Gasteiger partial charge in [-0.05, 0) is 57.9 Å². The third kappa shape index (κ3) is 5.71. The Balaban J connectivity index is 1.78. The summed E-state index contributed by atoms with van der Waals surface area (Å²) in [7, 11) is 3.80. The standard InChI is InChI=1S/C19H30N2O3/c1-19(2,3)24-18(22)21-11-10-16(14-21)13-20(4)12-15-6-8-17(23-5)9-7-15/h6-9,16H,10-14H2,1-5H3/t16-/m0/s1. The topological polar surface area (TPSA) is 42.0 Å². The molecule has 0 aromatic heterocycles. The molecule has 1 saturated heterocycles. The summed E-state index contributed by atoms with van der Waals surface area (Å²) >= 11 is 0. The minimum absolute atomic E-state index is 0.192. The summed E-state index contributed by atoms with van der Waals surface area (Å²) in [4.78, 5) is 16.3. The smallest absolute Gasteiger partial charge is 0.410 e. The minimum Gasteiger partial charge on any atom is -0.497 e. The predicted molar refractivity (Wildman–Crippen MR) is 95.2 cm³/mol. The molecule has 0 radical (unpaired) electrons. The second kappa shape index (κ2) is 7.88. The molecule has 1 aromatic rings. The Hall–Kier alpha value is -1.75. The van der Waals surface area contributed by atoms with Crippen molar-refractivity contribution in [1.29, 1.82) is 0 Å². The largest absolute Gasteiger partial charge is 0.497 e. The Labute approximate surface area is 145 Å². The van der Waals surface area contributed by atoms with Gasteiger partial charge in [-0.1, -0.05) is 12.1 Å². The first-order valence-corrected chi connectivity index (χ1v) is 8.56. The van der Waals surface area contributed by atoms with Gasteiger partial charge in [-0.25, -0.2) is 4.79 Å². The zero-order valence-corrected chi connectivity index (χ0v) is 15.5. The molecule has 1 aromatic carbocycles. The fraction of sp³-hybridized carbons (Fsp3) is 0.632. The van der Waals surface area contributed by atoms with Crippen LogP contribution < -0.4 is 4.74 Å². The quantitative estimate of drug-likeness (QED) is 0.828. The highest BCUT2D eigenvalue weighted by atomic mass is 16.6. The van der Waals surface area contributed by atoms with Crippen LogP contribution in [0.1, 0.15) is 32.8 Å². The van der Waals surface area contributed by atoms with Gasteiger partial charge in [0.25, 0.3) is 0 Å². The number of amides is 1. The normalized spacial score (nSPS) is 18.1. The van der Waals surface area contributed by atoms with E-state index in [1.165, 1.54) is 5.56 Å². The molecule has 0 N–H and O–H groups in total. The van der Waals surface area contributed by atoms with Gasteiger partial charge in [0, 0.05) is 26.2 Å². The third-order valence-electron chi connectivity index (χ3n) is 4.12. The first kappa shape index (κ1) is 18.6. The van der Waals surface area contributed by atoms with Crippen molar-refractivity contribution in [2.45, 2.75) is 39.3 Å². The predicted octanol–water partition coefficient (Wildman–Crippen LogP) is 3.38. The van der Waals surface area contributed by atoms with Crippen molar-refractivity contribution >= 4 is 6.09 Å². The van der Waals surface area contributed by atoms with Crippen molar-refractivity contribution in [2.24, 2.45) is 5.92 Å². The number of likely N-dealkylation sites (tertiary alicyclic amines) is 1. The Morgan fingerprint density at radius 2 is 1.96 bits per heavy atom. The monoisotopic (exact) mass is 334 g/mol. The SMILES string of the molecule is COc1ccc(CN(C)C[C@@H]2CCN(C(=O)OC(C)(C)C)C2)cc1. The Kier molecular flexibility index (Phi) is 6.10. The molecule has 0 bridgehead atoms. The Bertz CT molecular complexity index is 537. The van der Waals surface area contributed by atoms with Crippen LogP contribution in [-0.4, -0.2) is 55.3 Å². The minimum atomic E-state index is -0.430. The molecule has 0 unspecified atom stereocenters. The van der Waals surface area contributed by atoms with E-state index < -0.39 is 5.60 Å². The molecular formula is C19H30N2O3. The molecule has 0 aliphatic carbocycles. The number of methoxy groups -OCH3 is 1. The second-order valence-electron chi connectivity index (χ2n) is 7.63. The summed E-state index contributed by atoms with van der Waals surface area (Å²) in [6.45, 7) is 9.15. The molecule has 2 rings (SSSR count). The summed E-state index contributed by atoms with van der Waals surface area (Å²) in [6, 6.07) is 8.17.